The zero-order valence-corrected chi connectivity index (χ0v) is 23.7. The molecule has 38 heavy (non-hydrogen) atoms. The van der Waals surface area contributed by atoms with Gasteiger partial charge in [0.2, 0.25) is 5.91 Å². The van der Waals surface area contributed by atoms with Crippen molar-refractivity contribution >= 4 is 34.1 Å². The van der Waals surface area contributed by atoms with Gasteiger partial charge in [0, 0.05) is 11.4 Å². The van der Waals surface area contributed by atoms with Crippen LogP contribution >= 0.6 is 11.3 Å². The molecule has 0 saturated heterocycles. The van der Waals surface area contributed by atoms with Gasteiger partial charge in [0.25, 0.3) is 5.91 Å². The lowest BCUT2D eigenvalue weighted by Crippen LogP contribution is -2.38. The molecule has 3 aliphatic carbocycles. The summed E-state index contributed by atoms with van der Waals surface area (Å²) in [6.45, 7) is 9.31. The Bertz CT molecular complexity index is 1230. The predicted molar refractivity (Wildman–Crippen MR) is 150 cm³/mol. The van der Waals surface area contributed by atoms with Gasteiger partial charge in [-0.25, -0.2) is 0 Å². The van der Waals surface area contributed by atoms with E-state index < -0.39 is 17.8 Å². The van der Waals surface area contributed by atoms with Gasteiger partial charge >= 0.3 is 5.97 Å². The van der Waals surface area contributed by atoms with Gasteiger partial charge in [-0.3, -0.25) is 14.4 Å². The van der Waals surface area contributed by atoms with E-state index in [0.29, 0.717) is 23.0 Å². The van der Waals surface area contributed by atoms with Crippen molar-refractivity contribution in [2.24, 2.45) is 35.0 Å². The fourth-order valence-corrected chi connectivity index (χ4v) is 8.39. The number of nitrogens with one attached hydrogen (secondary N) is 2. The van der Waals surface area contributed by atoms with Crippen molar-refractivity contribution in [2.75, 3.05) is 5.32 Å². The van der Waals surface area contributed by atoms with E-state index in [-0.39, 0.29) is 29.1 Å². The highest BCUT2D eigenvalue weighted by molar-refractivity contribution is 7.17. The van der Waals surface area contributed by atoms with Crippen LogP contribution in [0.1, 0.15) is 84.8 Å². The van der Waals surface area contributed by atoms with Crippen LogP contribution in [-0.2, 0) is 29.0 Å². The lowest BCUT2D eigenvalue weighted by molar-refractivity contribution is -0.148. The van der Waals surface area contributed by atoms with Crippen molar-refractivity contribution in [1.29, 1.82) is 0 Å². The highest BCUT2D eigenvalue weighted by Gasteiger charge is 2.54. The molecule has 6 nitrogen and oxygen atoms in total. The number of anilines is 1. The molecule has 0 unspecified atom stereocenters. The molecule has 3 N–H and O–H groups in total. The van der Waals surface area contributed by atoms with Crippen molar-refractivity contribution in [2.45, 2.75) is 79.2 Å². The maximum Gasteiger partial charge on any atom is 0.307 e. The van der Waals surface area contributed by atoms with Gasteiger partial charge in [-0.15, -0.1) is 11.3 Å². The number of carboxylic acids is 1. The van der Waals surface area contributed by atoms with E-state index in [4.69, 9.17) is 0 Å². The Morgan fingerprint density at radius 3 is 2.39 bits per heavy atom. The Kier molecular flexibility index (Phi) is 7.42. The first kappa shape index (κ1) is 26.9. The largest absolute Gasteiger partial charge is 0.481 e. The van der Waals surface area contributed by atoms with Crippen molar-refractivity contribution in [3.63, 3.8) is 0 Å². The normalized spacial score (nSPS) is 26.2. The Hall–Kier alpha value is -2.67. The number of amides is 2. The van der Waals surface area contributed by atoms with Crippen molar-refractivity contribution in [3.05, 3.63) is 51.4 Å². The number of carbonyl (C=O) groups excluding carboxylic acids is 2. The molecule has 2 bridgehead atoms. The first-order chi connectivity index (χ1) is 18.1. The standard InChI is InChI=1S/C31H40N2O4S/c1-5-31(3,4)21-12-13-22-23(15-21)38-29(26(22)27(34)32-16-18-8-6-17(2)7-9-18)33-28(35)24-19-10-11-20(14-19)25(24)30(36)37/h6-9,19-21,24-25H,5,10-16H2,1-4H3,(H,32,34)(H,33,35)(H,36,37)/t19-,20-,21+,24-,25+/m0/s1. The number of hydrogen-bond donors (Lipinski definition) is 3. The Balaban J connectivity index is 1.42. The van der Waals surface area contributed by atoms with Gasteiger partial charge in [-0.05, 0) is 79.7 Å². The summed E-state index contributed by atoms with van der Waals surface area (Å²) in [4.78, 5) is 40.4. The second kappa shape index (κ2) is 10.5. The van der Waals surface area contributed by atoms with Crippen molar-refractivity contribution < 1.29 is 19.5 Å². The Morgan fingerprint density at radius 1 is 1.05 bits per heavy atom. The highest BCUT2D eigenvalue weighted by Crippen LogP contribution is 2.53. The van der Waals surface area contributed by atoms with Crippen LogP contribution in [-0.4, -0.2) is 22.9 Å². The van der Waals surface area contributed by atoms with Crippen LogP contribution in [0.4, 0.5) is 5.00 Å². The molecule has 0 aliphatic heterocycles. The molecule has 0 radical (unpaired) electrons. The number of aliphatic carboxylic acids is 1. The van der Waals surface area contributed by atoms with E-state index in [1.165, 1.54) is 21.8 Å². The summed E-state index contributed by atoms with van der Waals surface area (Å²) in [5, 5.41) is 16.6. The van der Waals surface area contributed by atoms with E-state index in [9.17, 15) is 19.5 Å². The molecule has 5 atom stereocenters. The third-order valence-corrected chi connectivity index (χ3v) is 11.0. The van der Waals surface area contributed by atoms with Crippen molar-refractivity contribution in [1.82, 2.24) is 5.32 Å². The van der Waals surface area contributed by atoms with E-state index in [0.717, 1.165) is 56.1 Å². The van der Waals surface area contributed by atoms with Crippen LogP contribution in [0.15, 0.2) is 24.3 Å². The van der Waals surface area contributed by atoms with Gasteiger partial charge in [0.05, 0.1) is 17.4 Å². The van der Waals surface area contributed by atoms with E-state index in [1.807, 2.05) is 31.2 Å². The molecule has 1 heterocycles. The van der Waals surface area contributed by atoms with Crippen LogP contribution in [0.2, 0.25) is 0 Å². The molecule has 7 heteroatoms. The van der Waals surface area contributed by atoms with Crippen LogP contribution in [0.3, 0.4) is 0 Å². The number of carbonyl (C=O) groups is 3. The quantitative estimate of drug-likeness (QED) is 0.374. The molecule has 3 aliphatic rings. The lowest BCUT2D eigenvalue weighted by Gasteiger charge is -2.36. The van der Waals surface area contributed by atoms with Gasteiger partial charge in [0.15, 0.2) is 0 Å². The third-order valence-electron chi connectivity index (χ3n) is 9.82. The minimum absolute atomic E-state index is 0.0825. The minimum Gasteiger partial charge on any atom is -0.481 e. The SMILES string of the molecule is CCC(C)(C)[C@@H]1CCc2c(sc(NC(=O)[C@H]3[C@H]4CC[C@@H](C4)[C@H]3C(=O)O)c2C(=O)NCc2ccc(C)cc2)C1. The number of carboxylic acid groups (broad SMARTS) is 1. The summed E-state index contributed by atoms with van der Waals surface area (Å²) in [6, 6.07) is 8.09. The minimum atomic E-state index is -0.872. The van der Waals surface area contributed by atoms with Crippen LogP contribution in [0, 0.1) is 41.9 Å². The highest BCUT2D eigenvalue weighted by atomic mass is 32.1. The molecule has 2 fully saturated rings. The number of rotatable bonds is 8. The number of thiophene rings is 1. The smallest absolute Gasteiger partial charge is 0.307 e. The molecule has 204 valence electrons. The number of fused-ring (bicyclic) bond motifs is 3. The molecule has 2 saturated carbocycles. The first-order valence-corrected chi connectivity index (χ1v) is 14.9. The summed E-state index contributed by atoms with van der Waals surface area (Å²) in [5.41, 5.74) is 4.03. The first-order valence-electron chi connectivity index (χ1n) is 14.1. The van der Waals surface area contributed by atoms with Crippen molar-refractivity contribution in [3.8, 4) is 0 Å². The van der Waals surface area contributed by atoms with Crippen LogP contribution < -0.4 is 10.6 Å². The average Bonchev–Trinajstić information content (AvgIpc) is 3.60. The summed E-state index contributed by atoms with van der Waals surface area (Å²) < 4.78 is 0. The van der Waals surface area contributed by atoms with Gasteiger partial charge < -0.3 is 15.7 Å². The average molecular weight is 537 g/mol. The number of hydrogen-bond acceptors (Lipinski definition) is 4. The fourth-order valence-electron chi connectivity index (χ4n) is 7.07. The summed E-state index contributed by atoms with van der Waals surface area (Å²) >= 11 is 1.52. The van der Waals surface area contributed by atoms with Gasteiger partial charge in [-0.1, -0.05) is 57.0 Å². The molecule has 0 spiro atoms. The fraction of sp³-hybridized carbons (Fsp3) is 0.581. The van der Waals surface area contributed by atoms with Gasteiger partial charge in [0.1, 0.15) is 5.00 Å². The molecule has 1 aromatic heterocycles. The molecule has 2 amide bonds. The molecular formula is C31H40N2O4S. The maximum absolute atomic E-state index is 13.6. The number of benzene rings is 1. The molecule has 5 rings (SSSR count). The molecule has 2 aromatic rings. The topological polar surface area (TPSA) is 95.5 Å². The van der Waals surface area contributed by atoms with Crippen LogP contribution in [0.25, 0.3) is 0 Å². The third kappa shape index (κ3) is 5.02. The number of aryl methyl sites for hydroxylation is 1. The Labute approximate surface area is 229 Å². The molecular weight excluding hydrogens is 496 g/mol. The summed E-state index contributed by atoms with van der Waals surface area (Å²) in [7, 11) is 0. The van der Waals surface area contributed by atoms with E-state index in [1.54, 1.807) is 0 Å². The summed E-state index contributed by atoms with van der Waals surface area (Å²) in [6.07, 6.45) is 6.44. The zero-order chi connectivity index (χ0) is 27.2. The van der Waals surface area contributed by atoms with Gasteiger partial charge in [-0.2, -0.15) is 0 Å². The lowest BCUT2D eigenvalue weighted by atomic mass is 9.69. The second-order valence-electron chi connectivity index (χ2n) is 12.4. The van der Waals surface area contributed by atoms with Crippen LogP contribution in [0.5, 0.6) is 0 Å². The maximum atomic E-state index is 13.6. The Morgan fingerprint density at radius 2 is 1.74 bits per heavy atom. The monoisotopic (exact) mass is 536 g/mol. The predicted octanol–water partition coefficient (Wildman–Crippen LogP) is 6.21. The zero-order valence-electron chi connectivity index (χ0n) is 22.9. The van der Waals surface area contributed by atoms with E-state index >= 15 is 0 Å². The summed E-state index contributed by atoms with van der Waals surface area (Å²) in [5.74, 6) is -1.72. The van der Waals surface area contributed by atoms with E-state index in [2.05, 4.69) is 31.4 Å². The molecule has 1 aromatic carbocycles. The second-order valence-corrected chi connectivity index (χ2v) is 13.5.